The number of anilines is 1. The average molecular weight is 380 g/mol. The number of carbonyl (C=O) groups excluding carboxylic acids is 1. The van der Waals surface area contributed by atoms with Crippen LogP contribution in [0, 0.1) is 6.92 Å². The molecule has 1 aliphatic rings. The van der Waals surface area contributed by atoms with Gasteiger partial charge in [-0.3, -0.25) is 4.79 Å². The highest BCUT2D eigenvalue weighted by Crippen LogP contribution is 2.42. The van der Waals surface area contributed by atoms with Crippen molar-refractivity contribution in [2.75, 3.05) is 26.4 Å². The summed E-state index contributed by atoms with van der Waals surface area (Å²) >= 11 is 1.45. The molecule has 0 fully saturated rings. The second-order valence-electron chi connectivity index (χ2n) is 7.68. The number of nitrogen functional groups attached to an aromatic ring is 1. The van der Waals surface area contributed by atoms with Crippen LogP contribution >= 0.6 is 11.3 Å². The molecule has 0 radical (unpaired) electrons. The first-order valence-electron chi connectivity index (χ1n) is 9.44. The first kappa shape index (κ1) is 18.1. The zero-order chi connectivity index (χ0) is 19.1. The van der Waals surface area contributed by atoms with Crippen LogP contribution in [0.2, 0.25) is 0 Å². The van der Waals surface area contributed by atoms with Crippen LogP contribution in [0.3, 0.4) is 0 Å². The van der Waals surface area contributed by atoms with Crippen LogP contribution in [-0.4, -0.2) is 36.3 Å². The fourth-order valence-corrected chi connectivity index (χ4v) is 4.99. The molecule has 0 bridgehead atoms. The summed E-state index contributed by atoms with van der Waals surface area (Å²) in [5.74, 6) is 0.0712. The van der Waals surface area contributed by atoms with Crippen LogP contribution in [0.15, 0.2) is 24.3 Å². The maximum Gasteiger partial charge on any atom is 0.188 e. The fourth-order valence-electron chi connectivity index (χ4n) is 3.93. The molecule has 0 unspecified atom stereocenters. The van der Waals surface area contributed by atoms with E-state index in [1.807, 2.05) is 19.0 Å². The van der Waals surface area contributed by atoms with Gasteiger partial charge >= 0.3 is 0 Å². The Hall–Kier alpha value is -2.24. The highest BCUT2D eigenvalue weighted by atomic mass is 32.1. The summed E-state index contributed by atoms with van der Waals surface area (Å²) in [6.07, 6.45) is 4.37. The number of benzene rings is 1. The quantitative estimate of drug-likeness (QED) is 0.679. The van der Waals surface area contributed by atoms with Gasteiger partial charge in [0.15, 0.2) is 5.78 Å². The number of aromatic nitrogens is 1. The van der Waals surface area contributed by atoms with Gasteiger partial charge in [0.25, 0.3) is 0 Å². The van der Waals surface area contributed by atoms with Crippen LogP contribution in [0.25, 0.3) is 21.5 Å². The van der Waals surface area contributed by atoms with Gasteiger partial charge in [-0.15, -0.1) is 11.3 Å². The number of Topliss-reactive ketones (excluding diaryl/α,β-unsaturated/α-hetero) is 1. The van der Waals surface area contributed by atoms with E-state index in [9.17, 15) is 4.79 Å². The minimum atomic E-state index is 0.0712. The number of nitrogens with zero attached hydrogens (tertiary/aromatic N) is 2. The molecular formula is C22H25N3OS. The normalized spacial score (nSPS) is 13.9. The van der Waals surface area contributed by atoms with Crippen molar-refractivity contribution in [2.24, 2.45) is 0 Å². The van der Waals surface area contributed by atoms with Crippen LogP contribution in [0.1, 0.15) is 39.2 Å². The summed E-state index contributed by atoms with van der Waals surface area (Å²) in [6, 6.07) is 8.55. The Balaban J connectivity index is 1.94. The van der Waals surface area contributed by atoms with Crippen molar-refractivity contribution in [3.8, 4) is 11.3 Å². The van der Waals surface area contributed by atoms with Crippen LogP contribution in [-0.2, 0) is 12.8 Å². The van der Waals surface area contributed by atoms with Gasteiger partial charge < -0.3 is 10.6 Å². The first-order valence-corrected chi connectivity index (χ1v) is 10.3. The largest absolute Gasteiger partial charge is 0.397 e. The molecule has 1 aromatic carbocycles. The van der Waals surface area contributed by atoms with Gasteiger partial charge in [0, 0.05) is 10.9 Å². The summed E-state index contributed by atoms with van der Waals surface area (Å²) in [7, 11) is 3.80. The zero-order valence-electron chi connectivity index (χ0n) is 16.1. The predicted molar refractivity (Wildman–Crippen MR) is 114 cm³/mol. The number of carbonyl (C=O) groups is 1. The summed E-state index contributed by atoms with van der Waals surface area (Å²) in [6.45, 7) is 2.46. The number of aryl methyl sites for hydroxylation is 2. The number of likely N-dealkylation sites (N-methyl/N-ethyl adjacent to an activating group) is 1. The lowest BCUT2D eigenvalue weighted by Gasteiger charge is -2.20. The van der Waals surface area contributed by atoms with Gasteiger partial charge in [0.1, 0.15) is 4.83 Å². The Kier molecular flexibility index (Phi) is 4.74. The van der Waals surface area contributed by atoms with Crippen molar-refractivity contribution in [1.29, 1.82) is 0 Å². The van der Waals surface area contributed by atoms with Gasteiger partial charge in [-0.2, -0.15) is 0 Å². The molecule has 2 heterocycles. The highest BCUT2D eigenvalue weighted by Gasteiger charge is 2.25. The van der Waals surface area contributed by atoms with E-state index in [0.29, 0.717) is 17.1 Å². The molecule has 27 heavy (non-hydrogen) atoms. The molecule has 0 aliphatic heterocycles. The average Bonchev–Trinajstić information content (AvgIpc) is 2.98. The molecule has 0 saturated heterocycles. The molecule has 2 aromatic heterocycles. The number of hydrogen-bond donors (Lipinski definition) is 1. The van der Waals surface area contributed by atoms with E-state index in [1.165, 1.54) is 34.4 Å². The molecule has 2 N–H and O–H groups in total. The smallest absolute Gasteiger partial charge is 0.188 e. The number of hydrogen-bond acceptors (Lipinski definition) is 5. The minimum absolute atomic E-state index is 0.0712. The van der Waals surface area contributed by atoms with Gasteiger partial charge in [-0.1, -0.05) is 29.8 Å². The monoisotopic (exact) mass is 379 g/mol. The fraction of sp³-hybridized carbons (Fsp3) is 0.364. The number of pyridine rings is 1. The molecule has 0 saturated carbocycles. The molecule has 3 aromatic rings. The SMILES string of the molecule is Cc1ccc(-c2nc3sc(C(=O)CN(C)C)c(N)c3c3c2CCCC3)cc1. The lowest BCUT2D eigenvalue weighted by molar-refractivity contribution is 0.0962. The van der Waals surface area contributed by atoms with Crippen molar-refractivity contribution in [2.45, 2.75) is 32.6 Å². The molecule has 0 spiro atoms. The van der Waals surface area contributed by atoms with Crippen molar-refractivity contribution in [3.05, 3.63) is 45.8 Å². The van der Waals surface area contributed by atoms with E-state index < -0.39 is 0 Å². The molecular weight excluding hydrogens is 354 g/mol. The molecule has 4 rings (SSSR count). The van der Waals surface area contributed by atoms with Crippen LogP contribution < -0.4 is 5.73 Å². The molecule has 140 valence electrons. The van der Waals surface area contributed by atoms with E-state index in [0.717, 1.165) is 40.7 Å². The van der Waals surface area contributed by atoms with Gasteiger partial charge in [-0.25, -0.2) is 4.98 Å². The Bertz CT molecular complexity index is 1020. The van der Waals surface area contributed by atoms with E-state index in [-0.39, 0.29) is 5.78 Å². The number of nitrogens with two attached hydrogens (primary N) is 1. The Morgan fingerprint density at radius 2 is 1.81 bits per heavy atom. The third-order valence-electron chi connectivity index (χ3n) is 5.23. The Morgan fingerprint density at radius 3 is 2.48 bits per heavy atom. The number of rotatable bonds is 4. The predicted octanol–water partition coefficient (Wildman–Crippen LogP) is 4.48. The maximum absolute atomic E-state index is 12.7. The van der Waals surface area contributed by atoms with E-state index in [2.05, 4.69) is 31.2 Å². The second-order valence-corrected chi connectivity index (χ2v) is 8.68. The summed E-state index contributed by atoms with van der Waals surface area (Å²) in [5, 5.41) is 1.02. The van der Waals surface area contributed by atoms with Crippen LogP contribution in [0.5, 0.6) is 0 Å². The third kappa shape index (κ3) is 3.26. The summed E-state index contributed by atoms with van der Waals surface area (Å²) in [5.41, 5.74) is 13.2. The summed E-state index contributed by atoms with van der Waals surface area (Å²) < 4.78 is 0. The lowest BCUT2D eigenvalue weighted by atomic mass is 9.87. The summed E-state index contributed by atoms with van der Waals surface area (Å²) in [4.78, 5) is 21.1. The lowest BCUT2D eigenvalue weighted by Crippen LogP contribution is -2.21. The molecule has 5 heteroatoms. The van der Waals surface area contributed by atoms with Gasteiger partial charge in [0.05, 0.1) is 22.8 Å². The van der Waals surface area contributed by atoms with Crippen molar-refractivity contribution in [1.82, 2.24) is 9.88 Å². The van der Waals surface area contributed by atoms with E-state index in [4.69, 9.17) is 10.7 Å². The molecule has 0 amide bonds. The highest BCUT2D eigenvalue weighted by molar-refractivity contribution is 7.21. The standard InChI is InChI=1S/C22H25N3OS/c1-13-8-10-14(11-9-13)20-16-7-5-4-6-15(16)18-19(23)21(27-22(18)24-20)17(26)12-25(2)3/h8-11H,4-7,12,23H2,1-3H3. The first-order chi connectivity index (χ1) is 13.0. The Labute approximate surface area is 164 Å². The van der Waals surface area contributed by atoms with E-state index in [1.54, 1.807) is 0 Å². The van der Waals surface area contributed by atoms with Crippen molar-refractivity contribution >= 4 is 33.0 Å². The number of thiophene rings is 1. The maximum atomic E-state index is 12.7. The van der Waals surface area contributed by atoms with Gasteiger partial charge in [0.2, 0.25) is 0 Å². The topological polar surface area (TPSA) is 59.2 Å². The second kappa shape index (κ2) is 7.06. The van der Waals surface area contributed by atoms with Crippen molar-refractivity contribution in [3.63, 3.8) is 0 Å². The molecule has 0 atom stereocenters. The van der Waals surface area contributed by atoms with Crippen molar-refractivity contribution < 1.29 is 4.79 Å². The third-order valence-corrected chi connectivity index (χ3v) is 6.37. The number of ketones is 1. The molecule has 4 nitrogen and oxygen atoms in total. The number of fused-ring (bicyclic) bond motifs is 3. The Morgan fingerprint density at radius 1 is 1.15 bits per heavy atom. The van der Waals surface area contributed by atoms with Gasteiger partial charge in [-0.05, 0) is 57.8 Å². The zero-order valence-corrected chi connectivity index (χ0v) is 16.9. The van der Waals surface area contributed by atoms with E-state index >= 15 is 0 Å². The van der Waals surface area contributed by atoms with Crippen LogP contribution in [0.4, 0.5) is 5.69 Å². The molecule has 1 aliphatic carbocycles. The minimum Gasteiger partial charge on any atom is -0.397 e.